The second-order valence-corrected chi connectivity index (χ2v) is 8.10. The lowest BCUT2D eigenvalue weighted by Gasteiger charge is -2.30. The number of nitrogens with one attached hydrogen (secondary N) is 1. The minimum absolute atomic E-state index is 0.0509. The zero-order valence-corrected chi connectivity index (χ0v) is 17.8. The smallest absolute Gasteiger partial charge is 0.255 e. The van der Waals surface area contributed by atoms with Crippen LogP contribution < -0.4 is 5.32 Å². The lowest BCUT2D eigenvalue weighted by molar-refractivity contribution is -0.126. The van der Waals surface area contributed by atoms with Gasteiger partial charge < -0.3 is 10.2 Å². The zero-order valence-electron chi connectivity index (χ0n) is 17.8. The Balaban J connectivity index is 1.47. The number of carbonyl (C=O) groups is 2. The normalized spacial score (nSPS) is 16.1. The molecule has 2 atom stereocenters. The molecule has 0 bridgehead atoms. The first-order chi connectivity index (χ1) is 15.1. The number of amides is 2. The molecule has 3 aromatic rings. The number of aryl methyl sites for hydroxylation is 1. The number of hydrogen-bond acceptors (Lipinski definition) is 2. The second kappa shape index (κ2) is 9.61. The van der Waals surface area contributed by atoms with Crippen molar-refractivity contribution in [2.24, 2.45) is 0 Å². The van der Waals surface area contributed by atoms with Crippen LogP contribution in [0.4, 0.5) is 0 Å². The monoisotopic (exact) mass is 412 g/mol. The van der Waals surface area contributed by atoms with Crippen LogP contribution in [-0.4, -0.2) is 29.3 Å². The van der Waals surface area contributed by atoms with E-state index in [1.807, 2.05) is 67.6 Å². The Bertz CT molecular complexity index is 1030. The average molecular weight is 413 g/mol. The van der Waals surface area contributed by atoms with Crippen LogP contribution in [0.25, 0.3) is 0 Å². The number of carbonyl (C=O) groups excluding carboxylic acids is 2. The summed E-state index contributed by atoms with van der Waals surface area (Å²) in [6, 6.07) is 27.2. The van der Waals surface area contributed by atoms with Crippen molar-refractivity contribution in [2.45, 2.75) is 38.3 Å². The van der Waals surface area contributed by atoms with Gasteiger partial charge in [-0.25, -0.2) is 0 Å². The van der Waals surface area contributed by atoms with Crippen LogP contribution in [-0.2, 0) is 17.6 Å². The summed E-state index contributed by atoms with van der Waals surface area (Å²) in [6.45, 7) is 2.58. The molecule has 1 heterocycles. The van der Waals surface area contributed by atoms with E-state index in [0.717, 1.165) is 24.8 Å². The highest BCUT2D eigenvalue weighted by Crippen LogP contribution is 2.36. The SMILES string of the molecule is C[C@H](CCc1ccccc1)N1C(=O)c2ccccc2[C@@H]1C(=O)NCCc1ccccc1. The lowest BCUT2D eigenvalue weighted by Crippen LogP contribution is -2.44. The van der Waals surface area contributed by atoms with Crippen molar-refractivity contribution in [2.75, 3.05) is 6.54 Å². The predicted molar refractivity (Wildman–Crippen MR) is 123 cm³/mol. The van der Waals surface area contributed by atoms with Gasteiger partial charge in [0.25, 0.3) is 5.91 Å². The molecule has 0 aliphatic carbocycles. The Kier molecular flexibility index (Phi) is 6.46. The summed E-state index contributed by atoms with van der Waals surface area (Å²) in [6.07, 6.45) is 2.43. The molecule has 4 rings (SSSR count). The molecular formula is C27H28N2O2. The Morgan fingerprint density at radius 1 is 0.871 bits per heavy atom. The third kappa shape index (κ3) is 4.69. The number of fused-ring (bicyclic) bond motifs is 1. The summed E-state index contributed by atoms with van der Waals surface area (Å²) in [4.78, 5) is 28.2. The predicted octanol–water partition coefficient (Wildman–Crippen LogP) is 4.56. The fraction of sp³-hybridized carbons (Fsp3) is 0.259. The Morgan fingerprint density at radius 3 is 2.13 bits per heavy atom. The molecule has 0 spiro atoms. The van der Waals surface area contributed by atoms with Crippen molar-refractivity contribution in [3.8, 4) is 0 Å². The van der Waals surface area contributed by atoms with Crippen LogP contribution in [0.3, 0.4) is 0 Å². The van der Waals surface area contributed by atoms with E-state index < -0.39 is 6.04 Å². The maximum absolute atomic E-state index is 13.2. The first-order valence-corrected chi connectivity index (χ1v) is 10.9. The van der Waals surface area contributed by atoms with Crippen LogP contribution in [0, 0.1) is 0 Å². The lowest BCUT2D eigenvalue weighted by atomic mass is 10.0. The maximum atomic E-state index is 13.2. The molecule has 31 heavy (non-hydrogen) atoms. The van der Waals surface area contributed by atoms with Crippen LogP contribution >= 0.6 is 0 Å². The van der Waals surface area contributed by atoms with Gasteiger partial charge in [-0.2, -0.15) is 0 Å². The van der Waals surface area contributed by atoms with Gasteiger partial charge in [-0.3, -0.25) is 9.59 Å². The van der Waals surface area contributed by atoms with Gasteiger partial charge >= 0.3 is 0 Å². The molecular weight excluding hydrogens is 384 g/mol. The summed E-state index contributed by atoms with van der Waals surface area (Å²) < 4.78 is 0. The maximum Gasteiger partial charge on any atom is 0.255 e. The molecule has 1 aliphatic rings. The fourth-order valence-electron chi connectivity index (χ4n) is 4.29. The first-order valence-electron chi connectivity index (χ1n) is 10.9. The van der Waals surface area contributed by atoms with E-state index in [1.165, 1.54) is 11.1 Å². The molecule has 4 nitrogen and oxygen atoms in total. The highest BCUT2D eigenvalue weighted by atomic mass is 16.2. The molecule has 0 saturated carbocycles. The van der Waals surface area contributed by atoms with Gasteiger partial charge in [-0.05, 0) is 48.9 Å². The van der Waals surface area contributed by atoms with E-state index in [9.17, 15) is 9.59 Å². The quantitative estimate of drug-likeness (QED) is 0.589. The van der Waals surface area contributed by atoms with E-state index in [-0.39, 0.29) is 17.9 Å². The Morgan fingerprint density at radius 2 is 1.45 bits per heavy atom. The molecule has 0 unspecified atom stereocenters. The highest BCUT2D eigenvalue weighted by molar-refractivity contribution is 6.04. The minimum atomic E-state index is -0.578. The van der Waals surface area contributed by atoms with E-state index in [4.69, 9.17) is 0 Å². The average Bonchev–Trinajstić information content (AvgIpc) is 3.11. The summed E-state index contributed by atoms with van der Waals surface area (Å²) in [7, 11) is 0. The number of rotatable bonds is 8. The third-order valence-corrected chi connectivity index (χ3v) is 5.97. The highest BCUT2D eigenvalue weighted by Gasteiger charge is 2.42. The van der Waals surface area contributed by atoms with E-state index >= 15 is 0 Å². The largest absolute Gasteiger partial charge is 0.354 e. The summed E-state index contributed by atoms with van der Waals surface area (Å²) >= 11 is 0. The van der Waals surface area contributed by atoms with Crippen molar-refractivity contribution in [1.29, 1.82) is 0 Å². The van der Waals surface area contributed by atoms with E-state index in [1.54, 1.807) is 4.90 Å². The van der Waals surface area contributed by atoms with Crippen molar-refractivity contribution >= 4 is 11.8 Å². The molecule has 0 saturated heterocycles. The van der Waals surface area contributed by atoms with E-state index in [0.29, 0.717) is 12.1 Å². The Labute approximate surface area is 183 Å². The number of benzene rings is 3. The molecule has 0 fully saturated rings. The molecule has 1 N–H and O–H groups in total. The van der Waals surface area contributed by atoms with Gasteiger partial charge in [0.05, 0.1) is 0 Å². The summed E-state index contributed by atoms with van der Waals surface area (Å²) in [5, 5.41) is 3.06. The van der Waals surface area contributed by atoms with Gasteiger partial charge in [0.2, 0.25) is 5.91 Å². The van der Waals surface area contributed by atoms with Gasteiger partial charge in [0.1, 0.15) is 6.04 Å². The molecule has 4 heteroatoms. The molecule has 158 valence electrons. The zero-order chi connectivity index (χ0) is 21.6. The van der Waals surface area contributed by atoms with Crippen LogP contribution in [0.5, 0.6) is 0 Å². The van der Waals surface area contributed by atoms with Crippen molar-refractivity contribution in [3.63, 3.8) is 0 Å². The van der Waals surface area contributed by atoms with Crippen molar-refractivity contribution < 1.29 is 9.59 Å². The van der Waals surface area contributed by atoms with Crippen LogP contribution in [0.15, 0.2) is 84.9 Å². The second-order valence-electron chi connectivity index (χ2n) is 8.10. The topological polar surface area (TPSA) is 49.4 Å². The fourth-order valence-corrected chi connectivity index (χ4v) is 4.29. The molecule has 1 aliphatic heterocycles. The van der Waals surface area contributed by atoms with Crippen LogP contribution in [0.1, 0.15) is 46.4 Å². The summed E-state index contributed by atoms with van der Waals surface area (Å²) in [5.74, 6) is -0.167. The number of nitrogens with zero attached hydrogens (tertiary/aromatic N) is 1. The van der Waals surface area contributed by atoms with Crippen LogP contribution in [0.2, 0.25) is 0 Å². The molecule has 2 amide bonds. The van der Waals surface area contributed by atoms with Gasteiger partial charge in [-0.1, -0.05) is 78.9 Å². The van der Waals surface area contributed by atoms with E-state index in [2.05, 4.69) is 29.6 Å². The molecule has 0 aromatic heterocycles. The van der Waals surface area contributed by atoms with Gasteiger partial charge in [0.15, 0.2) is 0 Å². The van der Waals surface area contributed by atoms with Crippen molar-refractivity contribution in [1.82, 2.24) is 10.2 Å². The van der Waals surface area contributed by atoms with Gasteiger partial charge in [0, 0.05) is 18.2 Å². The standard InChI is InChI=1S/C27H28N2O2/c1-20(16-17-21-10-4-2-5-11-21)29-25(23-14-8-9-15-24(23)27(29)31)26(30)28-19-18-22-12-6-3-7-13-22/h2-15,20,25H,16-19H2,1H3,(H,28,30)/t20-,25-/m1/s1. The third-order valence-electron chi connectivity index (χ3n) is 5.97. The molecule has 0 radical (unpaired) electrons. The Hall–Kier alpha value is -3.40. The number of hydrogen-bond donors (Lipinski definition) is 1. The van der Waals surface area contributed by atoms with Crippen molar-refractivity contribution in [3.05, 3.63) is 107 Å². The minimum Gasteiger partial charge on any atom is -0.354 e. The van der Waals surface area contributed by atoms with Gasteiger partial charge in [-0.15, -0.1) is 0 Å². The summed E-state index contributed by atoms with van der Waals surface area (Å²) in [5.41, 5.74) is 3.86. The first kappa shape index (κ1) is 20.9. The molecule has 3 aromatic carbocycles.